The number of carbonyl (C=O) groups is 1. The molecule has 0 spiro atoms. The average Bonchev–Trinajstić information content (AvgIpc) is 2.49. The van der Waals surface area contributed by atoms with E-state index < -0.39 is 12.1 Å². The van der Waals surface area contributed by atoms with Gasteiger partial charge in [0.1, 0.15) is 5.82 Å². The second-order valence-electron chi connectivity index (χ2n) is 5.58. The largest absolute Gasteiger partial charge is 0.386 e. The molecule has 0 aliphatic rings. The molecule has 0 aromatic heterocycles. The summed E-state index contributed by atoms with van der Waals surface area (Å²) in [5, 5.41) is 13.1. The Hall–Kier alpha value is -2.20. The number of hydrogen-bond donors (Lipinski definition) is 2. The lowest BCUT2D eigenvalue weighted by Gasteiger charge is -2.21. The highest BCUT2D eigenvalue weighted by molar-refractivity contribution is 5.96. The Morgan fingerprint density at radius 1 is 1.14 bits per heavy atom. The molecule has 0 heterocycles. The fourth-order valence-corrected chi connectivity index (χ4v) is 2.29. The lowest BCUT2D eigenvalue weighted by atomic mass is 10.0. The zero-order valence-corrected chi connectivity index (χ0v) is 12.9. The monoisotopic (exact) mass is 301 g/mol. The van der Waals surface area contributed by atoms with Crippen LogP contribution in [0.25, 0.3) is 0 Å². The SMILES string of the molecule is Cc1ccc(C)c(C(=O)N[C@H](C)[C@H](O)c2ccc(F)cc2)c1. The van der Waals surface area contributed by atoms with Crippen LogP contribution in [-0.4, -0.2) is 17.1 Å². The molecule has 0 aliphatic heterocycles. The summed E-state index contributed by atoms with van der Waals surface area (Å²) in [6, 6.07) is 10.8. The Kier molecular flexibility index (Phi) is 4.93. The summed E-state index contributed by atoms with van der Waals surface area (Å²) >= 11 is 0. The number of benzene rings is 2. The van der Waals surface area contributed by atoms with Crippen LogP contribution in [0.3, 0.4) is 0 Å². The van der Waals surface area contributed by atoms with Crippen molar-refractivity contribution in [1.82, 2.24) is 5.32 Å². The molecule has 2 N–H and O–H groups in total. The van der Waals surface area contributed by atoms with Crippen molar-refractivity contribution in [3.63, 3.8) is 0 Å². The van der Waals surface area contributed by atoms with E-state index in [1.54, 1.807) is 6.92 Å². The van der Waals surface area contributed by atoms with Crippen molar-refractivity contribution in [2.45, 2.75) is 32.9 Å². The van der Waals surface area contributed by atoms with E-state index in [-0.39, 0.29) is 11.7 Å². The summed E-state index contributed by atoms with van der Waals surface area (Å²) < 4.78 is 12.9. The van der Waals surface area contributed by atoms with E-state index >= 15 is 0 Å². The van der Waals surface area contributed by atoms with Gasteiger partial charge >= 0.3 is 0 Å². The van der Waals surface area contributed by atoms with Crippen molar-refractivity contribution in [3.8, 4) is 0 Å². The summed E-state index contributed by atoms with van der Waals surface area (Å²) in [6.45, 7) is 5.51. The van der Waals surface area contributed by atoms with Gasteiger partial charge in [0.25, 0.3) is 5.91 Å². The first-order valence-corrected chi connectivity index (χ1v) is 7.20. The maximum absolute atomic E-state index is 12.9. The molecule has 0 saturated heterocycles. The third-order valence-corrected chi connectivity index (χ3v) is 3.68. The normalized spacial score (nSPS) is 13.5. The van der Waals surface area contributed by atoms with Crippen LogP contribution in [0.4, 0.5) is 4.39 Å². The molecule has 0 radical (unpaired) electrons. The number of aryl methyl sites for hydroxylation is 2. The van der Waals surface area contributed by atoms with Crippen molar-refractivity contribution in [3.05, 3.63) is 70.5 Å². The smallest absolute Gasteiger partial charge is 0.251 e. The van der Waals surface area contributed by atoms with Gasteiger partial charge in [-0.15, -0.1) is 0 Å². The molecule has 0 aliphatic carbocycles. The highest BCUT2D eigenvalue weighted by atomic mass is 19.1. The highest BCUT2D eigenvalue weighted by Gasteiger charge is 2.20. The Balaban J connectivity index is 2.10. The zero-order valence-electron chi connectivity index (χ0n) is 12.9. The molecule has 2 aromatic rings. The van der Waals surface area contributed by atoms with Crippen molar-refractivity contribution < 1.29 is 14.3 Å². The standard InChI is InChI=1S/C18H20FNO2/c1-11-4-5-12(2)16(10-11)18(22)20-13(3)17(21)14-6-8-15(19)9-7-14/h4-10,13,17,21H,1-3H3,(H,20,22)/t13-,17+/m1/s1. The highest BCUT2D eigenvalue weighted by Crippen LogP contribution is 2.18. The molecule has 2 atom stereocenters. The summed E-state index contributed by atoms with van der Waals surface area (Å²) in [5.74, 6) is -0.585. The van der Waals surface area contributed by atoms with Gasteiger partial charge in [0.2, 0.25) is 0 Å². The van der Waals surface area contributed by atoms with Crippen molar-refractivity contribution in [1.29, 1.82) is 0 Å². The third-order valence-electron chi connectivity index (χ3n) is 3.68. The van der Waals surface area contributed by atoms with E-state index in [1.807, 2.05) is 32.0 Å². The third kappa shape index (κ3) is 3.71. The summed E-state index contributed by atoms with van der Waals surface area (Å²) in [6.07, 6.45) is -0.894. The van der Waals surface area contributed by atoms with Gasteiger partial charge in [-0.1, -0.05) is 29.8 Å². The molecule has 0 bridgehead atoms. The minimum Gasteiger partial charge on any atom is -0.386 e. The fourth-order valence-electron chi connectivity index (χ4n) is 2.29. The predicted molar refractivity (Wildman–Crippen MR) is 84.2 cm³/mol. The number of aliphatic hydroxyl groups is 1. The van der Waals surface area contributed by atoms with Gasteiger partial charge in [-0.3, -0.25) is 4.79 Å². The van der Waals surface area contributed by atoms with Crippen molar-refractivity contribution in [2.75, 3.05) is 0 Å². The van der Waals surface area contributed by atoms with Crippen LogP contribution < -0.4 is 5.32 Å². The fraction of sp³-hybridized carbons (Fsp3) is 0.278. The van der Waals surface area contributed by atoms with Crippen LogP contribution in [0.5, 0.6) is 0 Å². The van der Waals surface area contributed by atoms with Crippen LogP contribution in [0.1, 0.15) is 40.1 Å². The molecular formula is C18H20FNO2. The van der Waals surface area contributed by atoms with Gasteiger partial charge in [-0.05, 0) is 50.1 Å². The molecular weight excluding hydrogens is 281 g/mol. The van der Waals surface area contributed by atoms with Crippen LogP contribution >= 0.6 is 0 Å². The lowest BCUT2D eigenvalue weighted by molar-refractivity contribution is 0.0851. The molecule has 3 nitrogen and oxygen atoms in total. The summed E-state index contributed by atoms with van der Waals surface area (Å²) in [4.78, 5) is 12.3. The van der Waals surface area contributed by atoms with E-state index in [1.165, 1.54) is 24.3 Å². The number of carbonyl (C=O) groups excluding carboxylic acids is 1. The Bertz CT molecular complexity index is 667. The maximum Gasteiger partial charge on any atom is 0.251 e. The quantitative estimate of drug-likeness (QED) is 0.910. The molecule has 2 aromatic carbocycles. The number of rotatable bonds is 4. The second-order valence-corrected chi connectivity index (χ2v) is 5.58. The first-order valence-electron chi connectivity index (χ1n) is 7.20. The van der Waals surface area contributed by atoms with Crippen molar-refractivity contribution in [2.24, 2.45) is 0 Å². The second kappa shape index (κ2) is 6.71. The zero-order chi connectivity index (χ0) is 16.3. The van der Waals surface area contributed by atoms with E-state index in [0.29, 0.717) is 11.1 Å². The number of hydrogen-bond acceptors (Lipinski definition) is 2. The minimum absolute atomic E-state index is 0.227. The van der Waals surface area contributed by atoms with Crippen LogP contribution in [0.2, 0.25) is 0 Å². The lowest BCUT2D eigenvalue weighted by Crippen LogP contribution is -2.37. The van der Waals surface area contributed by atoms with Crippen molar-refractivity contribution >= 4 is 5.91 Å². The van der Waals surface area contributed by atoms with E-state index in [9.17, 15) is 14.3 Å². The molecule has 116 valence electrons. The van der Waals surface area contributed by atoms with Crippen LogP contribution in [-0.2, 0) is 0 Å². The Morgan fingerprint density at radius 2 is 1.77 bits per heavy atom. The molecule has 0 unspecified atom stereocenters. The van der Waals surface area contributed by atoms with Gasteiger partial charge in [0.15, 0.2) is 0 Å². The van der Waals surface area contributed by atoms with E-state index in [4.69, 9.17) is 0 Å². The first kappa shape index (κ1) is 16.2. The van der Waals surface area contributed by atoms with Gasteiger partial charge in [0.05, 0.1) is 12.1 Å². The number of nitrogens with one attached hydrogen (secondary N) is 1. The number of aliphatic hydroxyl groups excluding tert-OH is 1. The molecule has 1 amide bonds. The van der Waals surface area contributed by atoms with Gasteiger partial charge in [-0.25, -0.2) is 4.39 Å². The van der Waals surface area contributed by atoms with Gasteiger partial charge in [0, 0.05) is 5.56 Å². The Morgan fingerprint density at radius 3 is 2.41 bits per heavy atom. The van der Waals surface area contributed by atoms with E-state index in [2.05, 4.69) is 5.32 Å². The summed E-state index contributed by atoms with van der Waals surface area (Å²) in [5.41, 5.74) is 3.04. The molecule has 2 rings (SSSR count). The molecule has 22 heavy (non-hydrogen) atoms. The Labute approximate surface area is 129 Å². The number of halogens is 1. The minimum atomic E-state index is -0.894. The maximum atomic E-state index is 12.9. The van der Waals surface area contributed by atoms with Gasteiger partial charge < -0.3 is 10.4 Å². The molecule has 0 saturated carbocycles. The average molecular weight is 301 g/mol. The number of amides is 1. The first-order chi connectivity index (χ1) is 10.4. The van der Waals surface area contributed by atoms with Crippen LogP contribution in [0.15, 0.2) is 42.5 Å². The van der Waals surface area contributed by atoms with Gasteiger partial charge in [-0.2, -0.15) is 0 Å². The topological polar surface area (TPSA) is 49.3 Å². The molecule has 0 fully saturated rings. The summed E-state index contributed by atoms with van der Waals surface area (Å²) in [7, 11) is 0. The van der Waals surface area contributed by atoms with E-state index in [0.717, 1.165) is 11.1 Å². The van der Waals surface area contributed by atoms with Crippen LogP contribution in [0, 0.1) is 19.7 Å². The predicted octanol–water partition coefficient (Wildman–Crippen LogP) is 3.29. The molecule has 4 heteroatoms.